The molecule has 4 N–H and O–H groups in total. The summed E-state index contributed by atoms with van der Waals surface area (Å²) in [5.74, 6) is -6.54. The Hall–Kier alpha value is -2.63. The fraction of sp³-hybridized carbons (Fsp3) is 0.727. The van der Waals surface area contributed by atoms with E-state index in [2.05, 4.69) is 22.3 Å². The fourth-order valence-electron chi connectivity index (χ4n) is 3.41. The quantitative estimate of drug-likeness (QED) is 0.204. The topological polar surface area (TPSA) is 137 Å². The van der Waals surface area contributed by atoms with Gasteiger partial charge in [0.25, 0.3) is 5.91 Å². The zero-order valence-corrected chi connectivity index (χ0v) is 19.5. The summed E-state index contributed by atoms with van der Waals surface area (Å²) in [5, 5.41) is 5.06. The normalized spacial score (nSPS) is 20.1. The maximum absolute atomic E-state index is 12.7. The Bertz CT molecular complexity index is 742. The van der Waals surface area contributed by atoms with Crippen molar-refractivity contribution >= 4 is 23.8 Å². The van der Waals surface area contributed by atoms with E-state index < -0.39 is 53.9 Å². The zero-order chi connectivity index (χ0) is 25.7. The van der Waals surface area contributed by atoms with E-state index >= 15 is 0 Å². The van der Waals surface area contributed by atoms with Crippen molar-refractivity contribution < 1.29 is 41.8 Å². The molecule has 1 rings (SSSR count). The van der Waals surface area contributed by atoms with Crippen molar-refractivity contribution in [3.05, 3.63) is 11.8 Å². The molecule has 1 heterocycles. The third-order valence-corrected chi connectivity index (χ3v) is 5.16. The minimum atomic E-state index is -5.39. The van der Waals surface area contributed by atoms with E-state index in [9.17, 15) is 32.3 Å². The van der Waals surface area contributed by atoms with Crippen LogP contribution in [0.15, 0.2) is 11.8 Å². The number of hydrogen-bond acceptors (Lipinski definition) is 7. The first-order valence-corrected chi connectivity index (χ1v) is 11.5. The van der Waals surface area contributed by atoms with Gasteiger partial charge in [0.2, 0.25) is 11.7 Å². The molecule has 0 aromatic rings. The van der Waals surface area contributed by atoms with E-state index in [4.69, 9.17) is 10.5 Å². The van der Waals surface area contributed by atoms with Crippen LogP contribution in [-0.4, -0.2) is 54.7 Å². The molecule has 12 heteroatoms. The minimum absolute atomic E-state index is 0.298. The molecule has 0 unspecified atom stereocenters. The first-order chi connectivity index (χ1) is 16.0. The number of alkyl halides is 3. The lowest BCUT2D eigenvalue weighted by molar-refractivity contribution is -0.201. The Labute approximate surface area is 197 Å². The second-order valence-corrected chi connectivity index (χ2v) is 8.17. The van der Waals surface area contributed by atoms with Gasteiger partial charge in [-0.25, -0.2) is 9.59 Å². The molecule has 1 aliphatic rings. The minimum Gasteiger partial charge on any atom is -0.471 e. The molecular formula is C22H34F3N3O6. The highest BCUT2D eigenvalue weighted by Crippen LogP contribution is 2.22. The lowest BCUT2D eigenvalue weighted by atomic mass is 9.98. The molecule has 0 radical (unpaired) electrons. The summed E-state index contributed by atoms with van der Waals surface area (Å²) in [6, 6.07) is -2.25. The lowest BCUT2D eigenvalue weighted by Crippen LogP contribution is -2.61. The number of esters is 2. The van der Waals surface area contributed by atoms with Crippen molar-refractivity contribution in [2.24, 2.45) is 5.73 Å². The molecule has 3 atom stereocenters. The molecular weight excluding hydrogens is 459 g/mol. The molecule has 0 spiro atoms. The molecule has 1 aliphatic heterocycles. The smallest absolute Gasteiger partial charge is 0.471 e. The first-order valence-electron chi connectivity index (χ1n) is 11.5. The molecule has 0 saturated carbocycles. The molecule has 34 heavy (non-hydrogen) atoms. The number of carbonyl (C=O) groups is 4. The monoisotopic (exact) mass is 493 g/mol. The average molecular weight is 494 g/mol. The first kappa shape index (κ1) is 29.4. The van der Waals surface area contributed by atoms with E-state index in [1.807, 2.05) is 0 Å². The average Bonchev–Trinajstić information content (AvgIpc) is 2.75. The second-order valence-electron chi connectivity index (χ2n) is 8.17. The van der Waals surface area contributed by atoms with Gasteiger partial charge < -0.3 is 25.8 Å². The van der Waals surface area contributed by atoms with Crippen LogP contribution >= 0.6 is 0 Å². The van der Waals surface area contributed by atoms with Crippen molar-refractivity contribution in [1.29, 1.82) is 0 Å². The van der Waals surface area contributed by atoms with Gasteiger partial charge in [0.05, 0.1) is 12.1 Å². The Morgan fingerprint density at radius 1 is 1.03 bits per heavy atom. The van der Waals surface area contributed by atoms with Crippen LogP contribution in [0.5, 0.6) is 0 Å². The van der Waals surface area contributed by atoms with Crippen LogP contribution in [-0.2, 0) is 28.7 Å². The van der Waals surface area contributed by atoms with Gasteiger partial charge in [0.15, 0.2) is 6.10 Å². The Balaban J connectivity index is 2.62. The molecule has 0 fully saturated rings. The number of rotatable bonds is 13. The summed E-state index contributed by atoms with van der Waals surface area (Å²) in [7, 11) is 0. The fourth-order valence-corrected chi connectivity index (χ4v) is 3.41. The van der Waals surface area contributed by atoms with Gasteiger partial charge >= 0.3 is 18.1 Å². The highest BCUT2D eigenvalue weighted by atomic mass is 19.4. The van der Waals surface area contributed by atoms with Crippen LogP contribution in [0.2, 0.25) is 0 Å². The second kappa shape index (κ2) is 14.6. The highest BCUT2D eigenvalue weighted by Gasteiger charge is 2.45. The number of nitrogens with one attached hydrogen (secondary N) is 2. The largest absolute Gasteiger partial charge is 0.491 e. The van der Waals surface area contributed by atoms with Crippen LogP contribution < -0.4 is 16.4 Å². The van der Waals surface area contributed by atoms with Crippen LogP contribution in [0.25, 0.3) is 0 Å². The van der Waals surface area contributed by atoms with Crippen molar-refractivity contribution in [2.75, 3.05) is 6.54 Å². The van der Waals surface area contributed by atoms with Gasteiger partial charge in [-0.05, 0) is 12.5 Å². The summed E-state index contributed by atoms with van der Waals surface area (Å²) in [6.45, 7) is 3.64. The maximum Gasteiger partial charge on any atom is 0.491 e. The third-order valence-electron chi connectivity index (χ3n) is 5.16. The van der Waals surface area contributed by atoms with Crippen LogP contribution in [0.1, 0.15) is 71.6 Å². The number of amides is 2. The summed E-state index contributed by atoms with van der Waals surface area (Å²) in [6.07, 6.45) is 3.75. The van der Waals surface area contributed by atoms with Gasteiger partial charge in [0.1, 0.15) is 0 Å². The third kappa shape index (κ3) is 10.5. The molecule has 2 amide bonds. The highest BCUT2D eigenvalue weighted by molar-refractivity contribution is 5.97. The molecule has 0 aromatic carbocycles. The van der Waals surface area contributed by atoms with Gasteiger partial charge in [-0.3, -0.25) is 9.59 Å². The molecule has 0 aliphatic carbocycles. The Kier molecular flexibility index (Phi) is 12.6. The van der Waals surface area contributed by atoms with Crippen molar-refractivity contribution in [2.45, 2.75) is 96.0 Å². The SMILES string of the molecule is CCCCCCCCCCCNC(=O)[C@@H]1OC(C(=O)OC(=O)C(F)(F)F)=C[C@H](N)[C@H]1NC(C)=O. The van der Waals surface area contributed by atoms with E-state index in [0.29, 0.717) is 13.0 Å². The molecule has 0 bridgehead atoms. The number of hydrogen-bond donors (Lipinski definition) is 3. The number of nitrogens with two attached hydrogens (primary N) is 1. The summed E-state index contributed by atoms with van der Waals surface area (Å²) >= 11 is 0. The maximum atomic E-state index is 12.7. The van der Waals surface area contributed by atoms with Crippen LogP contribution in [0.4, 0.5) is 13.2 Å². The number of halogens is 3. The molecule has 0 saturated heterocycles. The van der Waals surface area contributed by atoms with Crippen molar-refractivity contribution in [1.82, 2.24) is 10.6 Å². The van der Waals surface area contributed by atoms with E-state index in [1.165, 1.54) is 39.0 Å². The van der Waals surface area contributed by atoms with Crippen molar-refractivity contribution in [3.63, 3.8) is 0 Å². The van der Waals surface area contributed by atoms with Crippen molar-refractivity contribution in [3.8, 4) is 0 Å². The van der Waals surface area contributed by atoms with Gasteiger partial charge in [-0.2, -0.15) is 13.2 Å². The lowest BCUT2D eigenvalue weighted by Gasteiger charge is -2.34. The van der Waals surface area contributed by atoms with Gasteiger partial charge in [0, 0.05) is 13.5 Å². The molecule has 194 valence electrons. The number of ether oxygens (including phenoxy) is 2. The summed E-state index contributed by atoms with van der Waals surface area (Å²) in [4.78, 5) is 47.0. The van der Waals surface area contributed by atoms with E-state index in [0.717, 1.165) is 25.3 Å². The number of unbranched alkanes of at least 4 members (excludes halogenated alkanes) is 8. The Morgan fingerprint density at radius 2 is 1.59 bits per heavy atom. The van der Waals surface area contributed by atoms with E-state index in [-0.39, 0.29) is 0 Å². The predicted molar refractivity (Wildman–Crippen MR) is 116 cm³/mol. The molecule has 0 aromatic heterocycles. The van der Waals surface area contributed by atoms with Crippen LogP contribution in [0.3, 0.4) is 0 Å². The zero-order valence-electron chi connectivity index (χ0n) is 19.5. The van der Waals surface area contributed by atoms with Gasteiger partial charge in [-0.1, -0.05) is 58.3 Å². The standard InChI is InChI=1S/C22H34F3N3O6/c1-3-4-5-6-7-8-9-10-11-12-27-19(30)18-17(28-14(2)29)15(26)13-16(33-18)20(31)34-21(32)22(23,24)25/h13,15,17-18H,3-12,26H2,1-2H3,(H,27,30)(H,28,29)/t15-,17+,18+/m0/s1. The summed E-state index contributed by atoms with van der Waals surface area (Å²) < 4.78 is 46.0. The van der Waals surface area contributed by atoms with E-state index in [1.54, 1.807) is 0 Å². The predicted octanol–water partition coefficient (Wildman–Crippen LogP) is 2.38. The molecule has 9 nitrogen and oxygen atoms in total. The van der Waals surface area contributed by atoms with Crippen LogP contribution in [0, 0.1) is 0 Å². The Morgan fingerprint density at radius 3 is 2.12 bits per heavy atom. The summed E-state index contributed by atoms with van der Waals surface area (Å²) in [5.41, 5.74) is 5.89. The number of carbonyl (C=O) groups excluding carboxylic acids is 4. The van der Waals surface area contributed by atoms with Gasteiger partial charge in [-0.15, -0.1) is 0 Å².